The highest BCUT2D eigenvalue weighted by atomic mass is 16.1. The Morgan fingerprint density at radius 1 is 1.40 bits per heavy atom. The lowest BCUT2D eigenvalue weighted by atomic mass is 9.81. The fourth-order valence-electron chi connectivity index (χ4n) is 2.00. The minimum atomic E-state index is 0.418. The van der Waals surface area contributed by atoms with Gasteiger partial charge in [-0.1, -0.05) is 26.2 Å². The summed E-state index contributed by atoms with van der Waals surface area (Å²) in [7, 11) is 0. The molecule has 1 aliphatic carbocycles. The van der Waals surface area contributed by atoms with Crippen LogP contribution < -0.4 is 0 Å². The molecule has 0 aromatic heterocycles. The summed E-state index contributed by atoms with van der Waals surface area (Å²) in [6.45, 7) is 2.20. The van der Waals surface area contributed by atoms with E-state index in [4.69, 9.17) is 0 Å². The second kappa shape index (κ2) is 3.18. The number of hydrogen-bond acceptors (Lipinski definition) is 1. The second-order valence-corrected chi connectivity index (χ2v) is 3.43. The predicted molar refractivity (Wildman–Crippen MR) is 41.9 cm³/mol. The summed E-state index contributed by atoms with van der Waals surface area (Å²) in [6, 6.07) is 0. The number of hydrogen-bond donors (Lipinski definition) is 0. The van der Waals surface area contributed by atoms with E-state index in [1.807, 2.05) is 0 Å². The van der Waals surface area contributed by atoms with Gasteiger partial charge in [0, 0.05) is 6.42 Å². The van der Waals surface area contributed by atoms with Gasteiger partial charge in [0.05, 0.1) is 0 Å². The second-order valence-electron chi connectivity index (χ2n) is 3.43. The van der Waals surface area contributed by atoms with Gasteiger partial charge < -0.3 is 4.79 Å². The van der Waals surface area contributed by atoms with E-state index in [-0.39, 0.29) is 0 Å². The van der Waals surface area contributed by atoms with Crippen LogP contribution in [-0.2, 0) is 4.79 Å². The first-order chi connectivity index (χ1) is 4.83. The monoisotopic (exact) mass is 140 g/mol. The van der Waals surface area contributed by atoms with Crippen molar-refractivity contribution in [2.75, 3.05) is 0 Å². The maximum absolute atomic E-state index is 10.3. The average Bonchev–Trinajstić information content (AvgIpc) is 2.39. The molecular formula is C9H16O. The fraction of sp³-hybridized carbons (Fsp3) is 0.889. The van der Waals surface area contributed by atoms with Crippen LogP contribution in [0, 0.1) is 5.41 Å². The minimum absolute atomic E-state index is 0.418. The van der Waals surface area contributed by atoms with E-state index < -0.39 is 0 Å². The third-order valence-corrected chi connectivity index (χ3v) is 2.93. The summed E-state index contributed by atoms with van der Waals surface area (Å²) < 4.78 is 0. The van der Waals surface area contributed by atoms with E-state index in [1.54, 1.807) is 0 Å². The van der Waals surface area contributed by atoms with Gasteiger partial charge in [-0.25, -0.2) is 0 Å². The Hall–Kier alpha value is -0.330. The van der Waals surface area contributed by atoms with E-state index in [1.165, 1.54) is 32.1 Å². The van der Waals surface area contributed by atoms with Gasteiger partial charge in [-0.05, 0) is 18.3 Å². The lowest BCUT2D eigenvalue weighted by Crippen LogP contribution is -2.14. The molecule has 58 valence electrons. The Kier molecular flexibility index (Phi) is 2.47. The van der Waals surface area contributed by atoms with Crippen LogP contribution in [0.1, 0.15) is 45.4 Å². The summed E-state index contributed by atoms with van der Waals surface area (Å²) >= 11 is 0. The highest BCUT2D eigenvalue weighted by molar-refractivity contribution is 5.50. The molecule has 1 fully saturated rings. The molecule has 0 saturated heterocycles. The lowest BCUT2D eigenvalue weighted by molar-refractivity contribution is -0.109. The van der Waals surface area contributed by atoms with E-state index in [2.05, 4.69) is 6.92 Å². The Balaban J connectivity index is 2.48. The molecule has 0 aromatic rings. The van der Waals surface area contributed by atoms with Gasteiger partial charge in [0.1, 0.15) is 6.29 Å². The van der Waals surface area contributed by atoms with E-state index >= 15 is 0 Å². The lowest BCUT2D eigenvalue weighted by Gasteiger charge is -2.23. The van der Waals surface area contributed by atoms with Crippen LogP contribution in [0.2, 0.25) is 0 Å². The van der Waals surface area contributed by atoms with Crippen LogP contribution in [0.25, 0.3) is 0 Å². The van der Waals surface area contributed by atoms with Crippen LogP contribution in [0.15, 0.2) is 0 Å². The average molecular weight is 140 g/mol. The first kappa shape index (κ1) is 7.77. The van der Waals surface area contributed by atoms with Crippen LogP contribution in [-0.4, -0.2) is 6.29 Å². The van der Waals surface area contributed by atoms with Crippen molar-refractivity contribution in [1.82, 2.24) is 0 Å². The first-order valence-electron chi connectivity index (χ1n) is 4.27. The van der Waals surface area contributed by atoms with Crippen molar-refractivity contribution in [1.29, 1.82) is 0 Å². The summed E-state index contributed by atoms with van der Waals surface area (Å²) in [6.07, 6.45) is 8.30. The molecule has 0 bridgehead atoms. The zero-order valence-corrected chi connectivity index (χ0v) is 6.73. The summed E-state index contributed by atoms with van der Waals surface area (Å²) in [5, 5.41) is 0. The van der Waals surface area contributed by atoms with Crippen molar-refractivity contribution < 1.29 is 4.79 Å². The topological polar surface area (TPSA) is 17.1 Å². The molecule has 0 aromatic carbocycles. The maximum Gasteiger partial charge on any atom is 0.120 e. The van der Waals surface area contributed by atoms with E-state index in [0.717, 1.165) is 12.7 Å². The van der Waals surface area contributed by atoms with Gasteiger partial charge in [0.25, 0.3) is 0 Å². The summed E-state index contributed by atoms with van der Waals surface area (Å²) in [5.41, 5.74) is 0.418. The zero-order chi connectivity index (χ0) is 7.45. The standard InChI is InChI=1S/C9H16O/c1-2-9(7-8-10)5-3-4-6-9/h8H,2-7H2,1H3. The highest BCUT2D eigenvalue weighted by Gasteiger charge is 2.30. The molecule has 0 aliphatic heterocycles. The smallest absolute Gasteiger partial charge is 0.120 e. The van der Waals surface area contributed by atoms with Crippen molar-refractivity contribution in [2.45, 2.75) is 45.4 Å². The molecule has 10 heavy (non-hydrogen) atoms. The summed E-state index contributed by atoms with van der Waals surface area (Å²) in [5.74, 6) is 0. The first-order valence-corrected chi connectivity index (χ1v) is 4.27. The molecule has 1 nitrogen and oxygen atoms in total. The fourth-order valence-corrected chi connectivity index (χ4v) is 2.00. The van der Waals surface area contributed by atoms with Crippen molar-refractivity contribution >= 4 is 6.29 Å². The molecule has 0 unspecified atom stereocenters. The third-order valence-electron chi connectivity index (χ3n) is 2.93. The largest absolute Gasteiger partial charge is 0.303 e. The quantitative estimate of drug-likeness (QED) is 0.550. The molecule has 1 heteroatoms. The molecular weight excluding hydrogens is 124 g/mol. The number of carbonyl (C=O) groups is 1. The maximum atomic E-state index is 10.3. The van der Waals surface area contributed by atoms with Crippen LogP contribution in [0.5, 0.6) is 0 Å². The van der Waals surface area contributed by atoms with Crippen LogP contribution in [0.3, 0.4) is 0 Å². The predicted octanol–water partition coefficient (Wildman–Crippen LogP) is 2.55. The molecule has 1 saturated carbocycles. The number of carbonyl (C=O) groups excluding carboxylic acids is 1. The Bertz CT molecular complexity index is 112. The zero-order valence-electron chi connectivity index (χ0n) is 6.73. The van der Waals surface area contributed by atoms with Gasteiger partial charge in [-0.2, -0.15) is 0 Å². The van der Waals surface area contributed by atoms with Gasteiger partial charge in [-0.3, -0.25) is 0 Å². The van der Waals surface area contributed by atoms with E-state index in [0.29, 0.717) is 5.41 Å². The number of aldehydes is 1. The van der Waals surface area contributed by atoms with Gasteiger partial charge in [0.2, 0.25) is 0 Å². The molecule has 0 N–H and O–H groups in total. The van der Waals surface area contributed by atoms with E-state index in [9.17, 15) is 4.79 Å². The Morgan fingerprint density at radius 3 is 2.40 bits per heavy atom. The van der Waals surface area contributed by atoms with Crippen LogP contribution >= 0.6 is 0 Å². The van der Waals surface area contributed by atoms with Gasteiger partial charge >= 0.3 is 0 Å². The van der Waals surface area contributed by atoms with Crippen molar-refractivity contribution in [2.24, 2.45) is 5.41 Å². The third kappa shape index (κ3) is 1.39. The van der Waals surface area contributed by atoms with Crippen molar-refractivity contribution in [3.63, 3.8) is 0 Å². The Labute approximate surface area is 62.8 Å². The molecule has 1 rings (SSSR count). The SMILES string of the molecule is CCC1(CC=O)CCCC1. The molecule has 0 radical (unpaired) electrons. The summed E-state index contributed by atoms with van der Waals surface area (Å²) in [4.78, 5) is 10.3. The Morgan fingerprint density at radius 2 is 2.00 bits per heavy atom. The van der Waals surface area contributed by atoms with Gasteiger partial charge in [0.15, 0.2) is 0 Å². The molecule has 0 amide bonds. The number of rotatable bonds is 3. The normalized spacial score (nSPS) is 22.9. The minimum Gasteiger partial charge on any atom is -0.303 e. The van der Waals surface area contributed by atoms with Crippen molar-refractivity contribution in [3.05, 3.63) is 0 Å². The molecule has 1 aliphatic rings. The van der Waals surface area contributed by atoms with Crippen LogP contribution in [0.4, 0.5) is 0 Å². The highest BCUT2D eigenvalue weighted by Crippen LogP contribution is 2.42. The van der Waals surface area contributed by atoms with Gasteiger partial charge in [-0.15, -0.1) is 0 Å². The molecule has 0 atom stereocenters. The molecule has 0 heterocycles. The van der Waals surface area contributed by atoms with Crippen molar-refractivity contribution in [3.8, 4) is 0 Å². The molecule has 0 spiro atoms.